The Morgan fingerprint density at radius 3 is 1.97 bits per heavy atom. The molecule has 0 saturated heterocycles. The average Bonchev–Trinajstić information content (AvgIpc) is 2.76. The largest absolute Gasteiger partial charge is 0.377 e. The van der Waals surface area contributed by atoms with Crippen molar-refractivity contribution in [2.75, 3.05) is 19.0 Å². The van der Waals surface area contributed by atoms with Crippen LogP contribution in [0.25, 0.3) is 11.1 Å². The third-order valence-electron chi connectivity index (χ3n) is 5.62. The van der Waals surface area contributed by atoms with Gasteiger partial charge in [0.2, 0.25) is 0 Å². The zero-order chi connectivity index (χ0) is 23.4. The van der Waals surface area contributed by atoms with Gasteiger partial charge in [-0.15, -0.1) is 0 Å². The highest BCUT2D eigenvalue weighted by Gasteiger charge is 2.08. The second-order valence-corrected chi connectivity index (χ2v) is 8.04. The molecule has 0 unspecified atom stereocenters. The van der Waals surface area contributed by atoms with Crippen LogP contribution in [0.15, 0.2) is 54.6 Å². The summed E-state index contributed by atoms with van der Waals surface area (Å²) in [7, 11) is 4.02. The molecule has 0 saturated carbocycles. The first-order chi connectivity index (χ1) is 15.3. The first kappa shape index (κ1) is 22.4. The number of nitrogens with zero attached hydrogens (tertiary/aromatic N) is 4. The van der Waals surface area contributed by atoms with E-state index in [1.807, 2.05) is 76.5 Å². The minimum atomic E-state index is 0.106. The summed E-state index contributed by atoms with van der Waals surface area (Å²) >= 11 is 0. The molecule has 0 radical (unpaired) electrons. The Kier molecular flexibility index (Phi) is 6.44. The smallest absolute Gasteiger partial charge is 0.136 e. The summed E-state index contributed by atoms with van der Waals surface area (Å²) in [6, 6.07) is 24.1. The van der Waals surface area contributed by atoms with E-state index in [1.165, 1.54) is 0 Å². The Labute approximate surface area is 188 Å². The molecule has 0 spiro atoms. The van der Waals surface area contributed by atoms with Crippen LogP contribution in [0.2, 0.25) is 0 Å². The van der Waals surface area contributed by atoms with Gasteiger partial charge in [-0.25, -0.2) is 0 Å². The number of hydrogen-bond acceptors (Lipinski definition) is 4. The predicted octanol–water partition coefficient (Wildman–Crippen LogP) is 3.89. The Bertz CT molecular complexity index is 1540. The lowest BCUT2D eigenvalue weighted by molar-refractivity contribution is 1.11. The van der Waals surface area contributed by atoms with E-state index in [4.69, 9.17) is 10.5 Å². The van der Waals surface area contributed by atoms with Gasteiger partial charge in [0.25, 0.3) is 0 Å². The predicted molar refractivity (Wildman–Crippen MR) is 128 cm³/mol. The van der Waals surface area contributed by atoms with E-state index in [0.29, 0.717) is 10.8 Å². The van der Waals surface area contributed by atoms with Crippen molar-refractivity contribution in [3.05, 3.63) is 97.7 Å². The van der Waals surface area contributed by atoms with Crippen LogP contribution < -0.4 is 15.3 Å². The molecular formula is C28H24N4. The fourth-order valence-corrected chi connectivity index (χ4v) is 4.00. The van der Waals surface area contributed by atoms with Crippen LogP contribution in [0, 0.1) is 65.2 Å². The van der Waals surface area contributed by atoms with Gasteiger partial charge in [0.1, 0.15) is 23.8 Å². The molecule has 4 nitrogen and oxygen atoms in total. The van der Waals surface area contributed by atoms with Gasteiger partial charge >= 0.3 is 0 Å². The van der Waals surface area contributed by atoms with Gasteiger partial charge in [-0.05, 0) is 76.9 Å². The Balaban J connectivity index is 2.27. The SMILES string of the molecule is Cc1cc(/C(C#N)=c2\cc/c(=c3\ccc(=C(C#N)C#N)cc3C)cc2C)ccc1N(C)C. The standard InChI is InChI=1S/C28H24N4/c1-18-12-21(24(15-29)16-30)6-9-25(18)22-7-10-26(19(2)13-22)27(17-31)23-8-11-28(32(4)5)20(3)14-23/h6-14H,1-5H3/b25-22-,27-26+. The maximum Gasteiger partial charge on any atom is 0.136 e. The van der Waals surface area contributed by atoms with Crippen LogP contribution in [-0.2, 0) is 0 Å². The normalized spacial score (nSPS) is 12.2. The minimum Gasteiger partial charge on any atom is -0.377 e. The van der Waals surface area contributed by atoms with Crippen molar-refractivity contribution in [3.63, 3.8) is 0 Å². The van der Waals surface area contributed by atoms with Gasteiger partial charge in [-0.1, -0.05) is 36.4 Å². The highest BCUT2D eigenvalue weighted by molar-refractivity contribution is 5.78. The van der Waals surface area contributed by atoms with Gasteiger partial charge < -0.3 is 4.90 Å². The summed E-state index contributed by atoms with van der Waals surface area (Å²) in [5, 5.41) is 31.8. The van der Waals surface area contributed by atoms with E-state index in [0.717, 1.165) is 43.6 Å². The summed E-state index contributed by atoms with van der Waals surface area (Å²) in [6.07, 6.45) is 0. The summed E-state index contributed by atoms with van der Waals surface area (Å²) in [4.78, 5) is 2.06. The zero-order valence-electron chi connectivity index (χ0n) is 19.0. The number of nitriles is 3. The highest BCUT2D eigenvalue weighted by Crippen LogP contribution is 2.22. The maximum absolute atomic E-state index is 9.93. The molecule has 0 aromatic heterocycles. The molecule has 0 fully saturated rings. The zero-order valence-corrected chi connectivity index (χ0v) is 19.0. The van der Waals surface area contributed by atoms with Crippen molar-refractivity contribution in [3.8, 4) is 18.2 Å². The summed E-state index contributed by atoms with van der Waals surface area (Å²) in [5.74, 6) is 0. The number of anilines is 1. The van der Waals surface area contributed by atoms with Crippen LogP contribution in [-0.4, -0.2) is 14.1 Å². The third kappa shape index (κ3) is 4.24. The van der Waals surface area contributed by atoms with Gasteiger partial charge in [-0.2, -0.15) is 15.8 Å². The molecule has 0 aliphatic carbocycles. The molecule has 156 valence electrons. The first-order valence-corrected chi connectivity index (χ1v) is 10.3. The van der Waals surface area contributed by atoms with Crippen LogP contribution >= 0.6 is 0 Å². The lowest BCUT2D eigenvalue weighted by atomic mass is 9.98. The molecule has 0 aliphatic heterocycles. The fraction of sp³-hybridized carbons (Fsp3) is 0.179. The van der Waals surface area contributed by atoms with Crippen LogP contribution in [0.1, 0.15) is 22.3 Å². The second kappa shape index (κ2) is 9.22. The average molecular weight is 417 g/mol. The third-order valence-corrected chi connectivity index (χ3v) is 5.62. The van der Waals surface area contributed by atoms with Crippen molar-refractivity contribution in [2.45, 2.75) is 20.8 Å². The van der Waals surface area contributed by atoms with Crippen molar-refractivity contribution < 1.29 is 0 Å². The molecule has 4 heteroatoms. The summed E-state index contributed by atoms with van der Waals surface area (Å²) in [6.45, 7) is 6.03. The molecule has 0 amide bonds. The minimum absolute atomic E-state index is 0.106. The quantitative estimate of drug-likeness (QED) is 0.635. The van der Waals surface area contributed by atoms with E-state index in [2.05, 4.69) is 30.0 Å². The first-order valence-electron chi connectivity index (χ1n) is 10.3. The van der Waals surface area contributed by atoms with Gasteiger partial charge in [0, 0.05) is 25.0 Å². The van der Waals surface area contributed by atoms with E-state index >= 15 is 0 Å². The van der Waals surface area contributed by atoms with Crippen molar-refractivity contribution in [1.82, 2.24) is 0 Å². The van der Waals surface area contributed by atoms with Crippen molar-refractivity contribution >= 4 is 16.8 Å². The van der Waals surface area contributed by atoms with Crippen molar-refractivity contribution in [1.29, 1.82) is 15.8 Å². The number of hydrogen-bond donors (Lipinski definition) is 0. The number of aryl methyl sites for hydroxylation is 3. The molecule has 0 atom stereocenters. The second-order valence-electron chi connectivity index (χ2n) is 8.04. The van der Waals surface area contributed by atoms with E-state index in [1.54, 1.807) is 6.07 Å². The summed E-state index contributed by atoms with van der Waals surface area (Å²) in [5.41, 5.74) is 5.91. The fourth-order valence-electron chi connectivity index (χ4n) is 4.00. The number of rotatable bonds is 2. The Morgan fingerprint density at radius 1 is 0.719 bits per heavy atom. The van der Waals surface area contributed by atoms with Gasteiger partial charge in [0.15, 0.2) is 0 Å². The molecular weight excluding hydrogens is 392 g/mol. The lowest BCUT2D eigenvalue weighted by Crippen LogP contribution is -2.12. The maximum atomic E-state index is 9.93. The molecule has 0 aliphatic rings. The van der Waals surface area contributed by atoms with Crippen LogP contribution in [0.5, 0.6) is 0 Å². The van der Waals surface area contributed by atoms with Gasteiger partial charge in [0.05, 0.1) is 5.57 Å². The molecule has 0 N–H and O–H groups in total. The molecule has 3 aromatic rings. The molecule has 0 bridgehead atoms. The van der Waals surface area contributed by atoms with Crippen LogP contribution in [0.4, 0.5) is 5.69 Å². The molecule has 0 heterocycles. The van der Waals surface area contributed by atoms with E-state index in [-0.39, 0.29) is 5.57 Å². The summed E-state index contributed by atoms with van der Waals surface area (Å²) < 4.78 is 0. The monoisotopic (exact) mass is 416 g/mol. The van der Waals surface area contributed by atoms with E-state index < -0.39 is 0 Å². The van der Waals surface area contributed by atoms with Crippen molar-refractivity contribution in [2.24, 2.45) is 0 Å². The lowest BCUT2D eigenvalue weighted by Gasteiger charge is -2.16. The van der Waals surface area contributed by atoms with E-state index in [9.17, 15) is 5.26 Å². The topological polar surface area (TPSA) is 74.6 Å². The Morgan fingerprint density at radius 2 is 1.44 bits per heavy atom. The highest BCUT2D eigenvalue weighted by atomic mass is 15.1. The van der Waals surface area contributed by atoms with Gasteiger partial charge in [-0.3, -0.25) is 0 Å². The molecule has 32 heavy (non-hydrogen) atoms. The number of benzene rings is 3. The Hall–Kier alpha value is -4.33. The molecule has 3 rings (SSSR count). The van der Waals surface area contributed by atoms with Crippen LogP contribution in [0.3, 0.4) is 0 Å². The molecule has 3 aromatic carbocycles.